The largest absolute Gasteiger partial charge is 0.491 e. The molecule has 7 heteroatoms. The lowest BCUT2D eigenvalue weighted by molar-refractivity contribution is -0.123. The van der Waals surface area contributed by atoms with Crippen LogP contribution in [0.4, 0.5) is 4.79 Å². The Morgan fingerprint density at radius 3 is 2.50 bits per heavy atom. The molecule has 0 atom stereocenters. The molecule has 0 aromatic heterocycles. The van der Waals surface area contributed by atoms with Crippen molar-refractivity contribution in [2.45, 2.75) is 0 Å². The zero-order chi connectivity index (χ0) is 21.1. The fourth-order valence-corrected chi connectivity index (χ4v) is 4.00. The zero-order valence-electron chi connectivity index (χ0n) is 15.8. The highest BCUT2D eigenvalue weighted by molar-refractivity contribution is 8.18. The molecule has 1 N–H and O–H groups in total. The molecule has 150 valence electrons. The normalized spacial score (nSPS) is 15.2. The maximum Gasteiger partial charge on any atom is 0.335 e. The quantitative estimate of drug-likeness (QED) is 0.586. The van der Waals surface area contributed by atoms with E-state index in [4.69, 9.17) is 9.84 Å². The third-order valence-corrected chi connectivity index (χ3v) is 5.56. The standard InChI is InChI=1S/C23H17NO5S/c25-21-20(14-15-8-10-17(11-9-15)22(26)27)30-23(28)24(21)12-13-29-19-7-3-5-16-4-1-2-6-18(16)19/h1-11,14H,12-13H2,(H,26,27)/b20-14-. The minimum absolute atomic E-state index is 0.142. The molecule has 0 unspecified atom stereocenters. The molecule has 6 nitrogen and oxygen atoms in total. The van der Waals surface area contributed by atoms with Crippen LogP contribution in [0.1, 0.15) is 15.9 Å². The SMILES string of the molecule is O=C(O)c1ccc(/C=C2\SC(=O)N(CCOc3cccc4ccccc34)C2=O)cc1. The van der Waals surface area contributed by atoms with E-state index < -0.39 is 5.97 Å². The van der Waals surface area contributed by atoms with Crippen LogP contribution in [0.25, 0.3) is 16.8 Å². The van der Waals surface area contributed by atoms with Crippen LogP contribution in [-0.2, 0) is 4.79 Å². The van der Waals surface area contributed by atoms with Gasteiger partial charge in [-0.2, -0.15) is 0 Å². The minimum Gasteiger partial charge on any atom is -0.491 e. The highest BCUT2D eigenvalue weighted by Gasteiger charge is 2.34. The molecule has 1 heterocycles. The van der Waals surface area contributed by atoms with Gasteiger partial charge in [0.25, 0.3) is 11.1 Å². The smallest absolute Gasteiger partial charge is 0.335 e. The molecule has 1 saturated heterocycles. The Balaban J connectivity index is 1.42. The van der Waals surface area contributed by atoms with Crippen molar-refractivity contribution in [2.75, 3.05) is 13.2 Å². The molecular weight excluding hydrogens is 402 g/mol. The van der Waals surface area contributed by atoms with Gasteiger partial charge in [0, 0.05) is 5.39 Å². The van der Waals surface area contributed by atoms with E-state index in [-0.39, 0.29) is 29.9 Å². The molecule has 0 bridgehead atoms. The van der Waals surface area contributed by atoms with E-state index in [2.05, 4.69) is 0 Å². The molecule has 30 heavy (non-hydrogen) atoms. The fraction of sp³-hybridized carbons (Fsp3) is 0.0870. The van der Waals surface area contributed by atoms with E-state index in [9.17, 15) is 14.4 Å². The molecule has 2 amide bonds. The number of rotatable bonds is 6. The van der Waals surface area contributed by atoms with E-state index >= 15 is 0 Å². The number of benzene rings is 3. The number of carbonyl (C=O) groups excluding carboxylic acids is 2. The van der Waals surface area contributed by atoms with E-state index in [0.717, 1.165) is 27.4 Å². The molecule has 3 aromatic carbocycles. The Morgan fingerprint density at radius 1 is 1.00 bits per heavy atom. The van der Waals surface area contributed by atoms with Gasteiger partial charge in [-0.25, -0.2) is 4.79 Å². The second-order valence-electron chi connectivity index (χ2n) is 6.59. The highest BCUT2D eigenvalue weighted by atomic mass is 32.2. The van der Waals surface area contributed by atoms with Crippen molar-refractivity contribution < 1.29 is 24.2 Å². The topological polar surface area (TPSA) is 83.9 Å². The first-order valence-electron chi connectivity index (χ1n) is 9.22. The average molecular weight is 419 g/mol. The van der Waals surface area contributed by atoms with Crippen molar-refractivity contribution in [2.24, 2.45) is 0 Å². The summed E-state index contributed by atoms with van der Waals surface area (Å²) in [6.45, 7) is 0.329. The van der Waals surface area contributed by atoms with Crippen LogP contribution in [0.5, 0.6) is 5.75 Å². The molecule has 4 rings (SSSR count). The first kappa shape index (κ1) is 19.7. The summed E-state index contributed by atoms with van der Waals surface area (Å²) in [5.41, 5.74) is 0.809. The van der Waals surface area contributed by atoms with Gasteiger partial charge in [0.15, 0.2) is 0 Å². The van der Waals surface area contributed by atoms with Crippen LogP contribution in [0.3, 0.4) is 0 Å². The Kier molecular flexibility index (Phi) is 5.54. The average Bonchev–Trinajstić information content (AvgIpc) is 3.01. The molecule has 0 saturated carbocycles. The lowest BCUT2D eigenvalue weighted by atomic mass is 10.1. The van der Waals surface area contributed by atoms with Crippen molar-refractivity contribution in [3.8, 4) is 5.75 Å². The highest BCUT2D eigenvalue weighted by Crippen LogP contribution is 2.32. The number of ether oxygens (including phenoxy) is 1. The number of hydrogen-bond acceptors (Lipinski definition) is 5. The second kappa shape index (κ2) is 8.42. The van der Waals surface area contributed by atoms with Gasteiger partial charge in [0.05, 0.1) is 17.0 Å². The van der Waals surface area contributed by atoms with Gasteiger partial charge in [0.1, 0.15) is 12.4 Å². The molecule has 0 aliphatic carbocycles. The molecule has 1 aliphatic rings. The number of amides is 2. The van der Waals surface area contributed by atoms with Crippen LogP contribution >= 0.6 is 11.8 Å². The summed E-state index contributed by atoms with van der Waals surface area (Å²) in [4.78, 5) is 37.3. The number of hydrogen-bond donors (Lipinski definition) is 1. The lowest BCUT2D eigenvalue weighted by Gasteiger charge is -2.14. The molecule has 3 aromatic rings. The number of carboxylic acid groups (broad SMARTS) is 1. The summed E-state index contributed by atoms with van der Waals surface area (Å²) in [7, 11) is 0. The monoisotopic (exact) mass is 419 g/mol. The van der Waals surface area contributed by atoms with Gasteiger partial charge >= 0.3 is 5.97 Å². The van der Waals surface area contributed by atoms with E-state index in [1.165, 1.54) is 12.1 Å². The van der Waals surface area contributed by atoms with E-state index in [1.807, 2.05) is 42.5 Å². The maximum absolute atomic E-state index is 12.6. The lowest BCUT2D eigenvalue weighted by Crippen LogP contribution is -2.32. The summed E-state index contributed by atoms with van der Waals surface area (Å²) >= 11 is 0.863. The second-order valence-corrected chi connectivity index (χ2v) is 7.58. The van der Waals surface area contributed by atoms with Crippen LogP contribution in [0.15, 0.2) is 71.6 Å². The van der Waals surface area contributed by atoms with E-state index in [0.29, 0.717) is 16.2 Å². The number of aromatic carboxylic acids is 1. The van der Waals surface area contributed by atoms with Crippen LogP contribution in [0, 0.1) is 0 Å². The van der Waals surface area contributed by atoms with Crippen molar-refractivity contribution in [1.82, 2.24) is 4.90 Å². The van der Waals surface area contributed by atoms with Crippen LogP contribution in [0.2, 0.25) is 0 Å². The Morgan fingerprint density at radius 2 is 1.73 bits per heavy atom. The van der Waals surface area contributed by atoms with Gasteiger partial charge < -0.3 is 9.84 Å². The molecule has 0 spiro atoms. The van der Waals surface area contributed by atoms with Crippen molar-refractivity contribution in [3.63, 3.8) is 0 Å². The molecule has 1 aliphatic heterocycles. The number of carbonyl (C=O) groups is 3. The summed E-state index contributed by atoms with van der Waals surface area (Å²) in [6, 6.07) is 19.7. The van der Waals surface area contributed by atoms with Crippen molar-refractivity contribution >= 4 is 45.7 Å². The summed E-state index contributed by atoms with van der Waals surface area (Å²) < 4.78 is 5.84. The maximum atomic E-state index is 12.6. The Bertz CT molecular complexity index is 1160. The number of nitrogens with zero attached hydrogens (tertiary/aromatic N) is 1. The van der Waals surface area contributed by atoms with E-state index in [1.54, 1.807) is 18.2 Å². The number of imide groups is 1. The van der Waals surface area contributed by atoms with Gasteiger partial charge in [0.2, 0.25) is 0 Å². The van der Waals surface area contributed by atoms with Crippen LogP contribution in [-0.4, -0.2) is 40.3 Å². The first-order valence-corrected chi connectivity index (χ1v) is 10.0. The van der Waals surface area contributed by atoms with Crippen LogP contribution < -0.4 is 4.74 Å². The van der Waals surface area contributed by atoms with Gasteiger partial charge in [-0.15, -0.1) is 0 Å². The Labute approximate surface area is 176 Å². The predicted octanol–water partition coefficient (Wildman–Crippen LogP) is 4.65. The summed E-state index contributed by atoms with van der Waals surface area (Å²) in [6.07, 6.45) is 1.59. The first-order chi connectivity index (χ1) is 14.5. The summed E-state index contributed by atoms with van der Waals surface area (Å²) in [5.74, 6) is -0.698. The molecule has 0 radical (unpaired) electrons. The van der Waals surface area contributed by atoms with Gasteiger partial charge in [-0.1, -0.05) is 48.5 Å². The predicted molar refractivity (Wildman–Crippen MR) is 116 cm³/mol. The molecule has 1 fully saturated rings. The third-order valence-electron chi connectivity index (χ3n) is 4.65. The molecular formula is C23H17NO5S. The Hall–Kier alpha value is -3.58. The fourth-order valence-electron chi connectivity index (χ4n) is 3.13. The zero-order valence-corrected chi connectivity index (χ0v) is 16.6. The number of fused-ring (bicyclic) bond motifs is 1. The summed E-state index contributed by atoms with van der Waals surface area (Å²) in [5, 5.41) is 10.6. The third kappa shape index (κ3) is 4.06. The number of carboxylic acids is 1. The number of thioether (sulfide) groups is 1. The van der Waals surface area contributed by atoms with Crippen molar-refractivity contribution in [1.29, 1.82) is 0 Å². The minimum atomic E-state index is -1.02. The van der Waals surface area contributed by atoms with Crippen molar-refractivity contribution in [3.05, 3.63) is 82.8 Å². The van der Waals surface area contributed by atoms with Gasteiger partial charge in [-0.05, 0) is 47.0 Å². The van der Waals surface area contributed by atoms with Gasteiger partial charge in [-0.3, -0.25) is 14.5 Å².